The first-order valence-corrected chi connectivity index (χ1v) is 6.83. The number of halogens is 6. The number of hydrogen-bond donors (Lipinski definition) is 2. The van der Waals surface area contributed by atoms with E-state index in [-0.39, 0.29) is 20.6 Å². The van der Waals surface area contributed by atoms with Crippen LogP contribution in [-0.4, -0.2) is 22.2 Å². The first kappa shape index (κ1) is 17.4. The van der Waals surface area contributed by atoms with Gasteiger partial charge < -0.3 is 10.0 Å². The Hall–Kier alpha value is -0.985. The van der Waals surface area contributed by atoms with Crippen molar-refractivity contribution < 1.29 is 23.2 Å². The second-order valence-electron chi connectivity index (χ2n) is 4.24. The van der Waals surface area contributed by atoms with Gasteiger partial charge in [0, 0.05) is 17.3 Å². The maximum absolute atomic E-state index is 13.2. The van der Waals surface area contributed by atoms with Crippen molar-refractivity contribution in [2.45, 2.75) is 6.18 Å². The summed E-state index contributed by atoms with van der Waals surface area (Å²) >= 11 is 17.5. The van der Waals surface area contributed by atoms with E-state index < -0.39 is 30.0 Å². The van der Waals surface area contributed by atoms with Crippen LogP contribution in [0.5, 0.6) is 0 Å². The zero-order chi connectivity index (χ0) is 16.7. The second-order valence-corrected chi connectivity index (χ2v) is 5.46. The third kappa shape index (κ3) is 3.34. The average molecular weight is 370 g/mol. The molecule has 0 saturated carbocycles. The molecular formula is C12H6BCl3F3NO2. The predicted molar refractivity (Wildman–Crippen MR) is 79.5 cm³/mol. The monoisotopic (exact) mass is 369 g/mol. The van der Waals surface area contributed by atoms with Crippen LogP contribution in [0.25, 0.3) is 11.1 Å². The molecule has 0 fully saturated rings. The third-order valence-electron chi connectivity index (χ3n) is 2.81. The van der Waals surface area contributed by atoms with Gasteiger partial charge in [-0.3, -0.25) is 4.98 Å². The summed E-state index contributed by atoms with van der Waals surface area (Å²) in [5.74, 6) is 0. The highest BCUT2D eigenvalue weighted by Crippen LogP contribution is 2.40. The Morgan fingerprint density at radius 1 is 1.00 bits per heavy atom. The maximum Gasteiger partial charge on any atom is 0.489 e. The summed E-state index contributed by atoms with van der Waals surface area (Å²) in [6.07, 6.45) is -4.00. The van der Waals surface area contributed by atoms with Gasteiger partial charge in [0.2, 0.25) is 0 Å². The van der Waals surface area contributed by atoms with Gasteiger partial charge in [0.25, 0.3) is 0 Å². The largest absolute Gasteiger partial charge is 0.489 e. The lowest BCUT2D eigenvalue weighted by molar-refractivity contribution is -0.140. The van der Waals surface area contributed by atoms with Crippen LogP contribution in [-0.2, 0) is 6.18 Å². The van der Waals surface area contributed by atoms with Crippen molar-refractivity contribution >= 4 is 47.4 Å². The van der Waals surface area contributed by atoms with Gasteiger partial charge in [-0.15, -0.1) is 0 Å². The fourth-order valence-corrected chi connectivity index (χ4v) is 2.55. The van der Waals surface area contributed by atoms with Crippen molar-refractivity contribution in [3.63, 3.8) is 0 Å². The minimum atomic E-state index is -4.82. The van der Waals surface area contributed by atoms with Gasteiger partial charge in [-0.2, -0.15) is 13.2 Å². The molecule has 22 heavy (non-hydrogen) atoms. The molecule has 10 heteroatoms. The van der Waals surface area contributed by atoms with Crippen LogP contribution < -0.4 is 5.46 Å². The Balaban J connectivity index is 2.86. The van der Waals surface area contributed by atoms with E-state index in [2.05, 4.69) is 4.98 Å². The van der Waals surface area contributed by atoms with Crippen LogP contribution in [0.15, 0.2) is 24.4 Å². The van der Waals surface area contributed by atoms with Gasteiger partial charge >= 0.3 is 13.3 Å². The van der Waals surface area contributed by atoms with E-state index in [0.717, 1.165) is 18.3 Å². The van der Waals surface area contributed by atoms with Crippen molar-refractivity contribution in [1.29, 1.82) is 0 Å². The van der Waals surface area contributed by atoms with Crippen LogP contribution in [0, 0.1) is 0 Å². The molecule has 0 unspecified atom stereocenters. The smallest absolute Gasteiger partial charge is 0.423 e. The van der Waals surface area contributed by atoms with E-state index in [0.29, 0.717) is 0 Å². The van der Waals surface area contributed by atoms with Gasteiger partial charge in [-0.1, -0.05) is 34.8 Å². The zero-order valence-electron chi connectivity index (χ0n) is 10.5. The topological polar surface area (TPSA) is 53.4 Å². The highest BCUT2D eigenvalue weighted by Gasteiger charge is 2.38. The molecule has 0 amide bonds. The Morgan fingerprint density at radius 2 is 1.59 bits per heavy atom. The third-order valence-corrected chi connectivity index (χ3v) is 3.84. The second kappa shape index (κ2) is 6.25. The minimum Gasteiger partial charge on any atom is -0.423 e. The molecule has 0 aliphatic carbocycles. The molecular weight excluding hydrogens is 364 g/mol. The van der Waals surface area contributed by atoms with E-state index in [1.54, 1.807) is 0 Å². The van der Waals surface area contributed by atoms with Crippen LogP contribution in [0.1, 0.15) is 5.69 Å². The first-order valence-electron chi connectivity index (χ1n) is 5.70. The quantitative estimate of drug-likeness (QED) is 0.629. The molecule has 1 aromatic carbocycles. The summed E-state index contributed by atoms with van der Waals surface area (Å²) in [7, 11) is -2.15. The van der Waals surface area contributed by atoms with Crippen molar-refractivity contribution in [2.24, 2.45) is 0 Å². The number of nitrogens with zero attached hydrogens (tertiary/aromatic N) is 1. The number of hydrogen-bond acceptors (Lipinski definition) is 3. The van der Waals surface area contributed by atoms with Crippen molar-refractivity contribution in [2.75, 3.05) is 0 Å². The molecule has 0 radical (unpaired) electrons. The molecule has 0 saturated heterocycles. The molecule has 1 heterocycles. The number of benzene rings is 1. The molecule has 0 spiro atoms. The SMILES string of the molecule is OB(O)c1ccnc(C(F)(F)F)c1-c1cc(Cl)c(Cl)cc1Cl. The first-order chi connectivity index (χ1) is 10.1. The number of alkyl halides is 3. The number of aromatic nitrogens is 1. The molecule has 0 aliphatic rings. The summed E-state index contributed by atoms with van der Waals surface area (Å²) < 4.78 is 39.5. The fourth-order valence-electron chi connectivity index (χ4n) is 1.90. The number of pyridine rings is 1. The van der Waals surface area contributed by atoms with E-state index in [4.69, 9.17) is 34.8 Å². The van der Waals surface area contributed by atoms with Crippen molar-refractivity contribution in [1.82, 2.24) is 4.98 Å². The van der Waals surface area contributed by atoms with Gasteiger partial charge in [0.1, 0.15) is 0 Å². The Labute approximate surface area is 138 Å². The molecule has 2 aromatic rings. The van der Waals surface area contributed by atoms with Crippen LogP contribution in [0.2, 0.25) is 15.1 Å². The standard InChI is InChI=1S/C12H6BCl3F3NO2/c14-7-4-9(16)8(15)3-5(7)10-6(13(21)22)1-2-20-11(10)12(17,18)19/h1-4,21-22H. The summed E-state index contributed by atoms with van der Waals surface area (Å²) in [5, 5.41) is 18.6. The van der Waals surface area contributed by atoms with Crippen molar-refractivity contribution in [3.05, 3.63) is 45.2 Å². The maximum atomic E-state index is 13.2. The Bertz CT molecular complexity index is 725. The minimum absolute atomic E-state index is 0.0311. The lowest BCUT2D eigenvalue weighted by Gasteiger charge is -2.17. The zero-order valence-corrected chi connectivity index (χ0v) is 12.8. The molecule has 2 rings (SSSR count). The van der Waals surface area contributed by atoms with E-state index in [1.807, 2.05) is 0 Å². The molecule has 116 valence electrons. The summed E-state index contributed by atoms with van der Waals surface area (Å²) in [4.78, 5) is 3.28. The summed E-state index contributed by atoms with van der Waals surface area (Å²) in [5.41, 5.74) is -2.42. The van der Waals surface area contributed by atoms with Crippen molar-refractivity contribution in [3.8, 4) is 11.1 Å². The number of rotatable bonds is 2. The summed E-state index contributed by atoms with van der Waals surface area (Å²) in [6, 6.07) is 3.33. The molecule has 3 nitrogen and oxygen atoms in total. The van der Waals surface area contributed by atoms with Gasteiger partial charge in [-0.25, -0.2) is 0 Å². The normalized spacial score (nSPS) is 11.6. The molecule has 0 atom stereocenters. The highest BCUT2D eigenvalue weighted by atomic mass is 35.5. The fraction of sp³-hybridized carbons (Fsp3) is 0.0833. The molecule has 2 N–H and O–H groups in total. The predicted octanol–water partition coefficient (Wildman–Crippen LogP) is 3.41. The molecule has 1 aromatic heterocycles. The Kier molecular flexibility index (Phi) is 4.94. The lowest BCUT2D eigenvalue weighted by Crippen LogP contribution is -2.34. The summed E-state index contributed by atoms with van der Waals surface area (Å²) in [6.45, 7) is 0. The van der Waals surface area contributed by atoms with Gasteiger partial charge in [-0.05, 0) is 23.7 Å². The van der Waals surface area contributed by atoms with E-state index in [9.17, 15) is 23.2 Å². The van der Waals surface area contributed by atoms with Gasteiger partial charge in [0.15, 0.2) is 5.69 Å². The van der Waals surface area contributed by atoms with E-state index in [1.165, 1.54) is 6.07 Å². The molecule has 0 aliphatic heterocycles. The average Bonchev–Trinajstić information content (AvgIpc) is 2.41. The van der Waals surface area contributed by atoms with Gasteiger partial charge in [0.05, 0.1) is 15.1 Å². The molecule has 0 bridgehead atoms. The van der Waals surface area contributed by atoms with Crippen LogP contribution in [0.3, 0.4) is 0 Å². The highest BCUT2D eigenvalue weighted by molar-refractivity contribution is 6.60. The Morgan fingerprint density at radius 3 is 2.14 bits per heavy atom. The lowest BCUT2D eigenvalue weighted by atomic mass is 9.75. The van der Waals surface area contributed by atoms with Crippen LogP contribution >= 0.6 is 34.8 Å². The van der Waals surface area contributed by atoms with Crippen LogP contribution in [0.4, 0.5) is 13.2 Å². The van der Waals surface area contributed by atoms with E-state index >= 15 is 0 Å².